The van der Waals surface area contributed by atoms with E-state index in [1.54, 1.807) is 12.1 Å². The summed E-state index contributed by atoms with van der Waals surface area (Å²) in [5, 5.41) is 0. The fourth-order valence-corrected chi connectivity index (χ4v) is 0.916. The molecule has 0 spiro atoms. The number of fused-ring (bicyclic) bond motifs is 1. The molecular formula is C6H6FN3. The van der Waals surface area contributed by atoms with Crippen LogP contribution in [0.5, 0.6) is 0 Å². The van der Waals surface area contributed by atoms with Gasteiger partial charge < -0.3 is 5.43 Å². The average Bonchev–Trinajstić information content (AvgIpc) is 2.36. The Labute approximate surface area is 57.2 Å². The lowest BCUT2D eigenvalue weighted by Gasteiger charge is -1.95. The summed E-state index contributed by atoms with van der Waals surface area (Å²) < 4.78 is 12.7. The van der Waals surface area contributed by atoms with E-state index in [9.17, 15) is 4.39 Å². The van der Waals surface area contributed by atoms with Crippen LogP contribution < -0.4 is 16.4 Å². The molecule has 52 valence electrons. The Balaban J connectivity index is 2.59. The van der Waals surface area contributed by atoms with Crippen molar-refractivity contribution in [3.63, 3.8) is 0 Å². The molecule has 1 heterocycles. The van der Waals surface area contributed by atoms with E-state index in [0.717, 1.165) is 5.69 Å². The molecule has 2 rings (SSSR count). The predicted molar refractivity (Wildman–Crippen MR) is 36.8 cm³/mol. The Morgan fingerprint density at radius 2 is 2.10 bits per heavy atom. The van der Waals surface area contributed by atoms with E-state index in [1.165, 1.54) is 6.07 Å². The largest absolute Gasteiger partial charge is 0.302 e. The van der Waals surface area contributed by atoms with Crippen LogP contribution in [-0.2, 0) is 0 Å². The Kier molecular flexibility index (Phi) is 1.01. The second kappa shape index (κ2) is 1.85. The Morgan fingerprint density at radius 3 is 2.90 bits per heavy atom. The highest BCUT2D eigenvalue weighted by Gasteiger charge is 2.11. The van der Waals surface area contributed by atoms with Gasteiger partial charge in [-0.1, -0.05) is 6.07 Å². The molecule has 1 aromatic carbocycles. The number of benzene rings is 1. The average molecular weight is 139 g/mol. The summed E-state index contributed by atoms with van der Waals surface area (Å²) in [4.78, 5) is 0. The van der Waals surface area contributed by atoms with Gasteiger partial charge in [0, 0.05) is 0 Å². The van der Waals surface area contributed by atoms with Gasteiger partial charge in [0.15, 0.2) is 0 Å². The predicted octanol–water partition coefficient (Wildman–Crippen LogP) is 1.08. The summed E-state index contributed by atoms with van der Waals surface area (Å²) in [6.45, 7) is 0. The zero-order valence-electron chi connectivity index (χ0n) is 5.11. The van der Waals surface area contributed by atoms with Gasteiger partial charge >= 0.3 is 0 Å². The van der Waals surface area contributed by atoms with Gasteiger partial charge in [-0.3, -0.25) is 5.43 Å². The minimum absolute atomic E-state index is 0.255. The van der Waals surface area contributed by atoms with Crippen molar-refractivity contribution in [3.8, 4) is 0 Å². The number of para-hydroxylation sites is 1. The second-order valence-corrected chi connectivity index (χ2v) is 2.04. The van der Waals surface area contributed by atoms with Crippen LogP contribution >= 0.6 is 0 Å². The van der Waals surface area contributed by atoms with Crippen molar-refractivity contribution in [2.24, 2.45) is 0 Å². The molecule has 0 saturated carbocycles. The van der Waals surface area contributed by atoms with Gasteiger partial charge in [-0.25, -0.2) is 4.39 Å². The van der Waals surface area contributed by atoms with Crippen LogP contribution in [0.2, 0.25) is 0 Å². The smallest absolute Gasteiger partial charge is 0.149 e. The first-order chi connectivity index (χ1) is 4.88. The normalized spacial score (nSPS) is 13.7. The SMILES string of the molecule is Fc1cccc2c1NNN2. The molecule has 0 atom stereocenters. The number of halogens is 1. The number of anilines is 2. The maximum absolute atomic E-state index is 12.7. The molecule has 3 nitrogen and oxygen atoms in total. The van der Waals surface area contributed by atoms with Gasteiger partial charge in [0.2, 0.25) is 0 Å². The lowest BCUT2D eigenvalue weighted by atomic mass is 10.3. The summed E-state index contributed by atoms with van der Waals surface area (Å²) in [5.41, 5.74) is 9.17. The van der Waals surface area contributed by atoms with E-state index in [-0.39, 0.29) is 5.82 Å². The van der Waals surface area contributed by atoms with Crippen LogP contribution in [0.1, 0.15) is 0 Å². The van der Waals surface area contributed by atoms with Crippen LogP contribution in [-0.4, -0.2) is 0 Å². The van der Waals surface area contributed by atoms with Crippen molar-refractivity contribution in [1.29, 1.82) is 0 Å². The maximum Gasteiger partial charge on any atom is 0.149 e. The van der Waals surface area contributed by atoms with Crippen molar-refractivity contribution in [1.82, 2.24) is 5.53 Å². The van der Waals surface area contributed by atoms with Crippen LogP contribution in [0, 0.1) is 5.82 Å². The molecule has 0 radical (unpaired) electrons. The lowest BCUT2D eigenvalue weighted by Crippen LogP contribution is -2.19. The molecule has 1 aliphatic heterocycles. The Morgan fingerprint density at radius 1 is 1.20 bits per heavy atom. The van der Waals surface area contributed by atoms with Gasteiger partial charge in [0.05, 0.1) is 5.69 Å². The second-order valence-electron chi connectivity index (χ2n) is 2.04. The molecule has 0 fully saturated rings. The number of rotatable bonds is 0. The molecule has 0 aromatic heterocycles. The summed E-state index contributed by atoms with van der Waals surface area (Å²) >= 11 is 0. The zero-order valence-corrected chi connectivity index (χ0v) is 5.11. The third kappa shape index (κ3) is 0.625. The molecule has 4 heteroatoms. The zero-order chi connectivity index (χ0) is 6.97. The quantitative estimate of drug-likeness (QED) is 0.503. The highest BCUT2D eigenvalue weighted by Crippen LogP contribution is 2.26. The molecule has 0 amide bonds. The fourth-order valence-electron chi connectivity index (χ4n) is 0.916. The van der Waals surface area contributed by atoms with E-state index in [2.05, 4.69) is 16.4 Å². The monoisotopic (exact) mass is 139 g/mol. The first-order valence-electron chi connectivity index (χ1n) is 2.93. The Bertz CT molecular complexity index is 261. The first kappa shape index (κ1) is 5.49. The standard InChI is InChI=1S/C6H6FN3/c7-4-2-1-3-5-6(4)9-10-8-5/h1-3,8-10H. The molecule has 10 heavy (non-hydrogen) atoms. The van der Waals surface area contributed by atoms with Gasteiger partial charge in [0.1, 0.15) is 11.5 Å². The molecule has 0 unspecified atom stereocenters. The van der Waals surface area contributed by atoms with Gasteiger partial charge in [-0.2, -0.15) is 0 Å². The molecule has 1 aliphatic rings. The minimum Gasteiger partial charge on any atom is -0.302 e. The topological polar surface area (TPSA) is 36.1 Å². The van der Waals surface area contributed by atoms with Crippen molar-refractivity contribution in [2.75, 3.05) is 10.9 Å². The number of nitrogens with one attached hydrogen (secondary N) is 3. The van der Waals surface area contributed by atoms with Gasteiger partial charge in [-0.15, -0.1) is 5.53 Å². The minimum atomic E-state index is -0.255. The fraction of sp³-hybridized carbons (Fsp3) is 0. The molecule has 0 aliphatic carbocycles. The molecule has 3 N–H and O–H groups in total. The Hall–Kier alpha value is -1.29. The first-order valence-corrected chi connectivity index (χ1v) is 2.93. The van der Waals surface area contributed by atoms with Crippen LogP contribution in [0.25, 0.3) is 0 Å². The molecule has 0 saturated heterocycles. The van der Waals surface area contributed by atoms with Crippen molar-refractivity contribution in [2.45, 2.75) is 0 Å². The van der Waals surface area contributed by atoms with Crippen LogP contribution in [0.4, 0.5) is 15.8 Å². The van der Waals surface area contributed by atoms with E-state index in [4.69, 9.17) is 0 Å². The highest BCUT2D eigenvalue weighted by molar-refractivity contribution is 5.71. The van der Waals surface area contributed by atoms with Gasteiger partial charge in [0.25, 0.3) is 0 Å². The van der Waals surface area contributed by atoms with Crippen molar-refractivity contribution < 1.29 is 4.39 Å². The highest BCUT2D eigenvalue weighted by atomic mass is 19.1. The van der Waals surface area contributed by atoms with E-state index < -0.39 is 0 Å². The maximum atomic E-state index is 12.7. The van der Waals surface area contributed by atoms with E-state index >= 15 is 0 Å². The van der Waals surface area contributed by atoms with Crippen molar-refractivity contribution in [3.05, 3.63) is 24.0 Å². The molecular weight excluding hydrogens is 133 g/mol. The molecule has 0 bridgehead atoms. The van der Waals surface area contributed by atoms with E-state index in [0.29, 0.717) is 5.69 Å². The third-order valence-electron chi connectivity index (χ3n) is 1.40. The lowest BCUT2D eigenvalue weighted by molar-refractivity contribution is 0.631. The third-order valence-corrected chi connectivity index (χ3v) is 1.40. The number of hydrogen-bond donors (Lipinski definition) is 3. The summed E-state index contributed by atoms with van der Waals surface area (Å²) in [6.07, 6.45) is 0. The van der Waals surface area contributed by atoms with Crippen LogP contribution in [0.15, 0.2) is 18.2 Å². The summed E-state index contributed by atoms with van der Waals surface area (Å²) in [7, 11) is 0. The summed E-state index contributed by atoms with van der Waals surface area (Å²) in [6, 6.07) is 4.84. The summed E-state index contributed by atoms with van der Waals surface area (Å²) in [5.74, 6) is -0.255. The van der Waals surface area contributed by atoms with Crippen molar-refractivity contribution >= 4 is 11.4 Å². The van der Waals surface area contributed by atoms with Gasteiger partial charge in [-0.05, 0) is 12.1 Å². The van der Waals surface area contributed by atoms with E-state index in [1.807, 2.05) is 0 Å². The number of hydrogen-bond acceptors (Lipinski definition) is 3. The molecule has 1 aromatic rings. The van der Waals surface area contributed by atoms with Crippen LogP contribution in [0.3, 0.4) is 0 Å². The number of hydrazine groups is 2.